The summed E-state index contributed by atoms with van der Waals surface area (Å²) in [5, 5.41) is 13.8. The molecule has 8 heteroatoms. The minimum Gasteiger partial charge on any atom is -0.316 e. The van der Waals surface area contributed by atoms with Crippen molar-refractivity contribution < 1.29 is 19.3 Å². The first-order valence-electron chi connectivity index (χ1n) is 9.01. The molecule has 1 aliphatic rings. The van der Waals surface area contributed by atoms with E-state index in [4.69, 9.17) is 0 Å². The number of hydrogen-bond acceptors (Lipinski definition) is 5. The Labute approximate surface area is 170 Å². The van der Waals surface area contributed by atoms with Gasteiger partial charge in [0.2, 0.25) is 0 Å². The van der Waals surface area contributed by atoms with E-state index in [1.54, 1.807) is 43.3 Å². The highest BCUT2D eigenvalue weighted by molar-refractivity contribution is 6.34. The van der Waals surface area contributed by atoms with Gasteiger partial charge in [-0.3, -0.25) is 24.5 Å². The van der Waals surface area contributed by atoms with Gasteiger partial charge in [0.05, 0.1) is 21.7 Å². The Morgan fingerprint density at radius 3 is 2.23 bits per heavy atom. The van der Waals surface area contributed by atoms with Crippen LogP contribution in [0.2, 0.25) is 0 Å². The maximum Gasteiger partial charge on any atom is 0.293 e. The molecule has 3 aromatic rings. The highest BCUT2D eigenvalue weighted by Crippen LogP contribution is 2.30. The fourth-order valence-corrected chi connectivity index (χ4v) is 3.30. The summed E-state index contributed by atoms with van der Waals surface area (Å²) in [5.74, 6) is -1.54. The van der Waals surface area contributed by atoms with Gasteiger partial charge in [-0.2, -0.15) is 0 Å². The van der Waals surface area contributed by atoms with E-state index in [9.17, 15) is 24.5 Å². The van der Waals surface area contributed by atoms with E-state index in [0.29, 0.717) is 16.7 Å². The van der Waals surface area contributed by atoms with E-state index in [-0.39, 0.29) is 22.6 Å². The number of nitro groups is 1. The summed E-state index contributed by atoms with van der Waals surface area (Å²) in [6.07, 6.45) is 0. The van der Waals surface area contributed by atoms with Crippen LogP contribution in [0.1, 0.15) is 36.6 Å². The Hall–Kier alpha value is -4.33. The lowest BCUT2D eigenvalue weighted by molar-refractivity contribution is -0.384. The van der Waals surface area contributed by atoms with Crippen molar-refractivity contribution in [2.24, 2.45) is 0 Å². The monoisotopic (exact) mass is 401 g/mol. The molecule has 3 amide bonds. The topological polar surface area (TPSA) is 110 Å². The number of nitrogens with one attached hydrogen (secondary N) is 1. The van der Waals surface area contributed by atoms with Crippen molar-refractivity contribution in [2.75, 3.05) is 10.2 Å². The summed E-state index contributed by atoms with van der Waals surface area (Å²) in [6, 6.07) is 16.9. The van der Waals surface area contributed by atoms with E-state index in [1.165, 1.54) is 30.3 Å². The van der Waals surface area contributed by atoms with Gasteiger partial charge < -0.3 is 5.32 Å². The molecular weight excluding hydrogens is 386 g/mol. The number of benzene rings is 3. The molecule has 0 aliphatic carbocycles. The van der Waals surface area contributed by atoms with Gasteiger partial charge in [-0.05, 0) is 48.9 Å². The van der Waals surface area contributed by atoms with Gasteiger partial charge in [0.25, 0.3) is 23.4 Å². The number of nitrogens with zero attached hydrogens (tertiary/aromatic N) is 2. The van der Waals surface area contributed by atoms with Crippen LogP contribution in [0.4, 0.5) is 17.1 Å². The van der Waals surface area contributed by atoms with Crippen LogP contribution >= 0.6 is 0 Å². The van der Waals surface area contributed by atoms with Crippen LogP contribution in [0.15, 0.2) is 66.7 Å². The standard InChI is InChI=1S/C22H15N3O5/c1-13-9-10-18(19(11-13)25(29)30)23-20(26)14-5-4-6-15(12-14)24-21(27)16-7-2-3-8-17(16)22(24)28/h2-12H,1H3,(H,23,26). The molecule has 8 nitrogen and oxygen atoms in total. The minimum atomic E-state index is -0.597. The molecule has 0 fully saturated rings. The summed E-state index contributed by atoms with van der Waals surface area (Å²) in [7, 11) is 0. The molecule has 0 spiro atoms. The molecular formula is C22H15N3O5. The van der Waals surface area contributed by atoms with Crippen LogP contribution in [0.25, 0.3) is 0 Å². The zero-order valence-corrected chi connectivity index (χ0v) is 15.8. The van der Waals surface area contributed by atoms with Gasteiger partial charge in [-0.15, -0.1) is 0 Å². The van der Waals surface area contributed by atoms with E-state index in [0.717, 1.165) is 4.90 Å². The number of imide groups is 1. The molecule has 0 bridgehead atoms. The van der Waals surface area contributed by atoms with Crippen molar-refractivity contribution in [3.63, 3.8) is 0 Å². The fraction of sp³-hybridized carbons (Fsp3) is 0.0455. The Morgan fingerprint density at radius 2 is 1.60 bits per heavy atom. The van der Waals surface area contributed by atoms with Crippen molar-refractivity contribution >= 4 is 34.8 Å². The Morgan fingerprint density at radius 1 is 0.933 bits per heavy atom. The van der Waals surface area contributed by atoms with E-state index in [1.807, 2.05) is 0 Å². The molecule has 148 valence electrons. The lowest BCUT2D eigenvalue weighted by atomic mass is 10.1. The number of aryl methyl sites for hydroxylation is 1. The molecule has 0 saturated heterocycles. The second-order valence-electron chi connectivity index (χ2n) is 6.77. The third kappa shape index (κ3) is 3.20. The zero-order valence-electron chi connectivity index (χ0n) is 15.8. The van der Waals surface area contributed by atoms with E-state index in [2.05, 4.69) is 5.32 Å². The average molecular weight is 401 g/mol. The predicted molar refractivity (Wildman–Crippen MR) is 110 cm³/mol. The largest absolute Gasteiger partial charge is 0.316 e. The van der Waals surface area contributed by atoms with Crippen LogP contribution < -0.4 is 10.2 Å². The van der Waals surface area contributed by atoms with E-state index >= 15 is 0 Å². The zero-order chi connectivity index (χ0) is 21.4. The number of amides is 3. The molecule has 0 radical (unpaired) electrons. The maximum atomic E-state index is 12.7. The molecule has 30 heavy (non-hydrogen) atoms. The second-order valence-corrected chi connectivity index (χ2v) is 6.77. The number of anilines is 2. The fourth-order valence-electron chi connectivity index (χ4n) is 3.30. The van der Waals surface area contributed by atoms with Crippen molar-refractivity contribution in [3.05, 3.63) is 99.1 Å². The average Bonchev–Trinajstić information content (AvgIpc) is 3.00. The molecule has 4 rings (SSSR count). The van der Waals surface area contributed by atoms with Crippen LogP contribution in [0.5, 0.6) is 0 Å². The SMILES string of the molecule is Cc1ccc(NC(=O)c2cccc(N3C(=O)c4ccccc4C3=O)c2)c([N+](=O)[O-])c1. The number of carbonyl (C=O) groups is 3. The van der Waals surface area contributed by atoms with Crippen molar-refractivity contribution in [3.8, 4) is 0 Å². The van der Waals surface area contributed by atoms with Crippen molar-refractivity contribution in [1.29, 1.82) is 0 Å². The highest BCUT2D eigenvalue weighted by atomic mass is 16.6. The predicted octanol–water partition coefficient (Wildman–Crippen LogP) is 3.96. The quantitative estimate of drug-likeness (QED) is 0.404. The van der Waals surface area contributed by atoms with Crippen LogP contribution in [-0.2, 0) is 0 Å². The Kier molecular flexibility index (Phi) is 4.59. The van der Waals surface area contributed by atoms with Crippen LogP contribution in [0.3, 0.4) is 0 Å². The summed E-state index contributed by atoms with van der Waals surface area (Å²) >= 11 is 0. The normalized spacial score (nSPS) is 12.6. The first-order valence-corrected chi connectivity index (χ1v) is 9.01. The summed E-state index contributed by atoms with van der Waals surface area (Å²) in [6.45, 7) is 1.71. The second kappa shape index (κ2) is 7.25. The highest BCUT2D eigenvalue weighted by Gasteiger charge is 2.36. The molecule has 3 aromatic carbocycles. The van der Waals surface area contributed by atoms with Gasteiger partial charge in [0.15, 0.2) is 0 Å². The Balaban J connectivity index is 1.64. The molecule has 1 aliphatic heterocycles. The van der Waals surface area contributed by atoms with Crippen molar-refractivity contribution in [1.82, 2.24) is 0 Å². The van der Waals surface area contributed by atoms with Gasteiger partial charge in [0, 0.05) is 11.6 Å². The summed E-state index contributed by atoms with van der Waals surface area (Å²) in [4.78, 5) is 49.7. The first-order chi connectivity index (χ1) is 14.4. The number of carbonyl (C=O) groups excluding carboxylic acids is 3. The van der Waals surface area contributed by atoms with Crippen LogP contribution in [-0.4, -0.2) is 22.6 Å². The molecule has 1 heterocycles. The molecule has 0 aromatic heterocycles. The molecule has 1 N–H and O–H groups in total. The lowest BCUT2D eigenvalue weighted by Crippen LogP contribution is -2.29. The summed E-state index contributed by atoms with van der Waals surface area (Å²) in [5.41, 5.74) is 1.51. The van der Waals surface area contributed by atoms with E-state index < -0.39 is 22.6 Å². The van der Waals surface area contributed by atoms with Gasteiger partial charge >= 0.3 is 0 Å². The number of fused-ring (bicyclic) bond motifs is 1. The minimum absolute atomic E-state index is 0.0572. The summed E-state index contributed by atoms with van der Waals surface area (Å²) < 4.78 is 0. The molecule has 0 saturated carbocycles. The molecule has 0 atom stereocenters. The maximum absolute atomic E-state index is 12.7. The number of nitro benzene ring substituents is 1. The smallest absolute Gasteiger partial charge is 0.293 e. The van der Waals surface area contributed by atoms with Gasteiger partial charge in [0.1, 0.15) is 5.69 Å². The first kappa shape index (κ1) is 19.0. The van der Waals surface area contributed by atoms with Crippen LogP contribution in [0, 0.1) is 17.0 Å². The van der Waals surface area contributed by atoms with Crippen molar-refractivity contribution in [2.45, 2.75) is 6.92 Å². The third-order valence-corrected chi connectivity index (χ3v) is 4.76. The third-order valence-electron chi connectivity index (χ3n) is 4.76. The van der Waals surface area contributed by atoms with Gasteiger partial charge in [-0.1, -0.05) is 24.3 Å². The number of hydrogen-bond donors (Lipinski definition) is 1. The lowest BCUT2D eigenvalue weighted by Gasteiger charge is -2.15. The number of rotatable bonds is 4. The Bertz CT molecular complexity index is 1200. The van der Waals surface area contributed by atoms with Gasteiger partial charge in [-0.25, -0.2) is 4.90 Å². The molecule has 0 unspecified atom stereocenters.